The Hall–Kier alpha value is -4.42. The van der Waals surface area contributed by atoms with Crippen LogP contribution in [-0.2, 0) is 7.05 Å². The zero-order chi connectivity index (χ0) is 23.3. The van der Waals surface area contributed by atoms with Crippen LogP contribution in [0, 0.1) is 0 Å². The van der Waals surface area contributed by atoms with E-state index in [-0.39, 0.29) is 18.3 Å². The average Bonchev–Trinajstić information content (AvgIpc) is 2.87. The van der Waals surface area contributed by atoms with Crippen LogP contribution in [0.3, 0.4) is 0 Å². The molecule has 0 spiro atoms. The second kappa shape index (κ2) is 10.7. The minimum Gasteiger partial charge on any atom is -1.00 e. The van der Waals surface area contributed by atoms with Crippen molar-refractivity contribution < 1.29 is 21.8 Å². The van der Waals surface area contributed by atoms with E-state index in [1.165, 1.54) is 0 Å². The summed E-state index contributed by atoms with van der Waals surface area (Å²) in [7, 11) is 1.98. The van der Waals surface area contributed by atoms with Crippen LogP contribution in [0.1, 0.15) is 10.4 Å². The van der Waals surface area contributed by atoms with E-state index in [9.17, 15) is 4.79 Å². The van der Waals surface area contributed by atoms with Gasteiger partial charge in [0.2, 0.25) is 0 Å². The van der Waals surface area contributed by atoms with Gasteiger partial charge in [-0.25, -0.2) is 4.57 Å². The highest BCUT2D eigenvalue weighted by molar-refractivity contribution is 6.04. The molecule has 0 aliphatic rings. The van der Waals surface area contributed by atoms with Crippen molar-refractivity contribution in [2.45, 2.75) is 0 Å². The summed E-state index contributed by atoms with van der Waals surface area (Å²) >= 11 is 0. The standard InChI is InChI=1S/C28H23N5O.ClH/c1-33-18-15-24(16-19-33)30-21-8-6-20(7-9-21)28(34)32-23-12-10-22(11-13-23)31-27-14-17-29-26-5-3-2-4-25(26)27;/h2-19H,1H3,(H2,29,31,32,34);1H. The lowest BCUT2D eigenvalue weighted by atomic mass is 10.1. The van der Waals surface area contributed by atoms with Crippen LogP contribution >= 0.6 is 0 Å². The molecule has 0 saturated heterocycles. The Balaban J connectivity index is 0.00000289. The zero-order valence-electron chi connectivity index (χ0n) is 19.1. The van der Waals surface area contributed by atoms with Crippen molar-refractivity contribution in [1.29, 1.82) is 0 Å². The van der Waals surface area contributed by atoms with E-state index < -0.39 is 0 Å². The predicted molar refractivity (Wildman–Crippen MR) is 137 cm³/mol. The lowest BCUT2D eigenvalue weighted by Gasteiger charge is -2.11. The molecule has 0 aliphatic heterocycles. The topological polar surface area (TPSA) is 69.9 Å². The second-order valence-corrected chi connectivity index (χ2v) is 7.99. The Bertz CT molecular complexity index is 1430. The van der Waals surface area contributed by atoms with Gasteiger partial charge in [0.1, 0.15) is 7.05 Å². The smallest absolute Gasteiger partial charge is 0.255 e. The van der Waals surface area contributed by atoms with Crippen LogP contribution in [0.15, 0.2) is 110 Å². The highest BCUT2D eigenvalue weighted by Crippen LogP contribution is 2.26. The van der Waals surface area contributed by atoms with Crippen LogP contribution < -0.4 is 32.9 Å². The van der Waals surface area contributed by atoms with Gasteiger partial charge < -0.3 is 28.4 Å². The third kappa shape index (κ3) is 5.75. The molecule has 174 valence electrons. The van der Waals surface area contributed by atoms with Crippen LogP contribution in [0.5, 0.6) is 0 Å². The molecule has 35 heavy (non-hydrogen) atoms. The van der Waals surface area contributed by atoms with E-state index in [1.54, 1.807) is 6.20 Å². The van der Waals surface area contributed by atoms with E-state index in [0.717, 1.165) is 39.3 Å². The van der Waals surface area contributed by atoms with Crippen LogP contribution in [0.2, 0.25) is 0 Å². The fourth-order valence-electron chi connectivity index (χ4n) is 3.66. The van der Waals surface area contributed by atoms with Crippen molar-refractivity contribution in [2.75, 3.05) is 16.0 Å². The lowest BCUT2D eigenvalue weighted by molar-refractivity contribution is -0.671. The number of carbonyl (C=O) groups is 1. The number of aromatic nitrogens is 2. The summed E-state index contributed by atoms with van der Waals surface area (Å²) in [5.74, 6) is -0.154. The number of rotatable bonds is 6. The Labute approximate surface area is 210 Å². The molecule has 0 unspecified atom stereocenters. The normalized spacial score (nSPS) is 10.3. The lowest BCUT2D eigenvalue weighted by Crippen LogP contribution is -3.00. The molecule has 7 heteroatoms. The van der Waals surface area contributed by atoms with E-state index in [0.29, 0.717) is 5.56 Å². The van der Waals surface area contributed by atoms with Gasteiger partial charge in [-0.1, -0.05) is 18.2 Å². The first-order valence-electron chi connectivity index (χ1n) is 11.0. The Kier molecular flexibility index (Phi) is 7.24. The molecule has 3 aromatic carbocycles. The number of aryl methyl sites for hydroxylation is 1. The zero-order valence-corrected chi connectivity index (χ0v) is 19.8. The van der Waals surface area contributed by atoms with Gasteiger partial charge in [-0.15, -0.1) is 0 Å². The maximum Gasteiger partial charge on any atom is 0.255 e. The number of pyridine rings is 2. The Morgan fingerprint density at radius 2 is 1.31 bits per heavy atom. The van der Waals surface area contributed by atoms with Gasteiger partial charge in [0, 0.05) is 52.0 Å². The van der Waals surface area contributed by atoms with Gasteiger partial charge in [0.15, 0.2) is 12.4 Å². The first-order chi connectivity index (χ1) is 16.6. The molecule has 3 N–H and O–H groups in total. The third-order valence-electron chi connectivity index (χ3n) is 5.49. The highest BCUT2D eigenvalue weighted by atomic mass is 35.5. The number of hydrogen-bond acceptors (Lipinski definition) is 4. The number of anilines is 5. The molecule has 0 saturated carbocycles. The van der Waals surface area contributed by atoms with Gasteiger partial charge in [-0.2, -0.15) is 0 Å². The van der Waals surface area contributed by atoms with E-state index in [4.69, 9.17) is 0 Å². The summed E-state index contributed by atoms with van der Waals surface area (Å²) < 4.78 is 1.97. The number of nitrogens with zero attached hydrogens (tertiary/aromatic N) is 2. The Morgan fingerprint density at radius 3 is 2.06 bits per heavy atom. The molecular formula is C28H24ClN5O. The molecule has 1 amide bonds. The second-order valence-electron chi connectivity index (χ2n) is 7.99. The van der Waals surface area contributed by atoms with Gasteiger partial charge in [0.05, 0.1) is 11.2 Å². The van der Waals surface area contributed by atoms with Crippen molar-refractivity contribution in [3.8, 4) is 0 Å². The van der Waals surface area contributed by atoms with Crippen molar-refractivity contribution in [2.24, 2.45) is 7.05 Å². The number of fused-ring (bicyclic) bond motifs is 1. The average molecular weight is 482 g/mol. The fraction of sp³-hybridized carbons (Fsp3) is 0.0357. The summed E-state index contributed by atoms with van der Waals surface area (Å²) in [6.45, 7) is 0. The van der Waals surface area contributed by atoms with Crippen LogP contribution in [-0.4, -0.2) is 10.9 Å². The molecule has 2 aromatic heterocycles. The van der Waals surface area contributed by atoms with Gasteiger partial charge in [0.25, 0.3) is 5.91 Å². The molecule has 0 atom stereocenters. The van der Waals surface area contributed by atoms with E-state index in [1.807, 2.05) is 115 Å². The SMILES string of the molecule is C[n+]1ccc(Nc2ccc(C(=O)Nc3ccc(Nc4ccnc5ccccc45)cc3)cc2)cc1.[Cl-]. The summed E-state index contributed by atoms with van der Waals surface area (Å²) in [6.07, 6.45) is 5.74. The molecular weight excluding hydrogens is 458 g/mol. The maximum absolute atomic E-state index is 12.7. The van der Waals surface area contributed by atoms with Crippen molar-refractivity contribution in [1.82, 2.24) is 4.98 Å². The van der Waals surface area contributed by atoms with Gasteiger partial charge in [-0.05, 0) is 60.7 Å². The van der Waals surface area contributed by atoms with Crippen molar-refractivity contribution >= 4 is 45.2 Å². The third-order valence-corrected chi connectivity index (χ3v) is 5.49. The predicted octanol–water partition coefficient (Wildman–Crippen LogP) is 2.80. The molecule has 5 aromatic rings. The molecule has 6 nitrogen and oxygen atoms in total. The molecule has 0 aliphatic carbocycles. The highest BCUT2D eigenvalue weighted by Gasteiger charge is 2.07. The summed E-state index contributed by atoms with van der Waals surface area (Å²) in [6, 6.07) is 29.0. The van der Waals surface area contributed by atoms with Crippen LogP contribution in [0.4, 0.5) is 28.4 Å². The quantitative estimate of drug-likeness (QED) is 0.326. The Morgan fingerprint density at radius 1 is 0.714 bits per heavy atom. The van der Waals surface area contributed by atoms with E-state index >= 15 is 0 Å². The largest absolute Gasteiger partial charge is 1.00 e. The number of hydrogen-bond donors (Lipinski definition) is 3. The molecule has 0 radical (unpaired) electrons. The van der Waals surface area contributed by atoms with Gasteiger partial charge in [-0.3, -0.25) is 9.78 Å². The first-order valence-corrected chi connectivity index (χ1v) is 11.0. The number of halogens is 1. The van der Waals surface area contributed by atoms with Gasteiger partial charge >= 0.3 is 0 Å². The molecule has 0 bridgehead atoms. The summed E-state index contributed by atoms with van der Waals surface area (Å²) in [4.78, 5) is 17.1. The summed E-state index contributed by atoms with van der Waals surface area (Å²) in [5.41, 5.74) is 6.09. The maximum atomic E-state index is 12.7. The van der Waals surface area contributed by atoms with Crippen molar-refractivity contribution in [3.05, 3.63) is 115 Å². The molecule has 5 rings (SSSR count). The first kappa shape index (κ1) is 23.7. The monoisotopic (exact) mass is 481 g/mol. The number of benzene rings is 3. The molecule has 0 fully saturated rings. The number of amides is 1. The fourth-order valence-corrected chi connectivity index (χ4v) is 3.66. The minimum absolute atomic E-state index is 0. The molecule has 2 heterocycles. The summed E-state index contributed by atoms with van der Waals surface area (Å²) in [5, 5.41) is 10.8. The minimum atomic E-state index is -0.154. The number of nitrogens with one attached hydrogen (secondary N) is 3. The number of para-hydroxylation sites is 1. The van der Waals surface area contributed by atoms with E-state index in [2.05, 4.69) is 20.9 Å². The number of carbonyl (C=O) groups excluding carboxylic acids is 1. The van der Waals surface area contributed by atoms with Crippen molar-refractivity contribution in [3.63, 3.8) is 0 Å². The van der Waals surface area contributed by atoms with Crippen LogP contribution in [0.25, 0.3) is 10.9 Å².